The van der Waals surface area contributed by atoms with Crippen LogP contribution in [0.15, 0.2) is 54.6 Å². The Hall–Kier alpha value is -3.15. The van der Waals surface area contributed by atoms with Gasteiger partial charge in [0.2, 0.25) is 0 Å². The summed E-state index contributed by atoms with van der Waals surface area (Å²) in [5, 5.41) is 20.8. The Morgan fingerprint density at radius 3 is 2.61 bits per heavy atom. The first kappa shape index (κ1) is 14.8. The molecule has 23 heavy (non-hydrogen) atoms. The third-order valence-corrected chi connectivity index (χ3v) is 3.33. The number of ether oxygens (including phenoxy) is 1. The second kappa shape index (κ2) is 6.74. The SMILES string of the molecule is O=C(NCCc1ccccc1)Oc1nnc2ccccc2c1O. The summed E-state index contributed by atoms with van der Waals surface area (Å²) >= 11 is 0. The highest BCUT2D eigenvalue weighted by molar-refractivity contribution is 5.86. The Morgan fingerprint density at radius 1 is 1.04 bits per heavy atom. The van der Waals surface area contributed by atoms with Gasteiger partial charge in [0.1, 0.15) is 0 Å². The first-order chi connectivity index (χ1) is 11.2. The van der Waals surface area contributed by atoms with Gasteiger partial charge in [-0.3, -0.25) is 0 Å². The van der Waals surface area contributed by atoms with Crippen LogP contribution in [0.1, 0.15) is 5.56 Å². The lowest BCUT2D eigenvalue weighted by Gasteiger charge is -2.08. The Labute approximate surface area is 132 Å². The van der Waals surface area contributed by atoms with Gasteiger partial charge >= 0.3 is 6.09 Å². The fourth-order valence-electron chi connectivity index (χ4n) is 2.17. The van der Waals surface area contributed by atoms with Crippen molar-refractivity contribution in [3.8, 4) is 11.6 Å². The van der Waals surface area contributed by atoms with Crippen molar-refractivity contribution in [3.05, 3.63) is 60.2 Å². The highest BCUT2D eigenvalue weighted by Gasteiger charge is 2.14. The van der Waals surface area contributed by atoms with E-state index in [9.17, 15) is 9.90 Å². The summed E-state index contributed by atoms with van der Waals surface area (Å²) in [5.74, 6) is -0.408. The van der Waals surface area contributed by atoms with E-state index < -0.39 is 6.09 Å². The molecule has 0 fully saturated rings. The van der Waals surface area contributed by atoms with Crippen LogP contribution >= 0.6 is 0 Å². The van der Waals surface area contributed by atoms with Crippen molar-refractivity contribution in [1.82, 2.24) is 15.5 Å². The first-order valence-corrected chi connectivity index (χ1v) is 7.18. The minimum Gasteiger partial charge on any atom is -0.503 e. The number of fused-ring (bicyclic) bond motifs is 1. The summed E-state index contributed by atoms with van der Waals surface area (Å²) < 4.78 is 5.02. The molecule has 6 heteroatoms. The van der Waals surface area contributed by atoms with Crippen LogP contribution in [0, 0.1) is 0 Å². The van der Waals surface area contributed by atoms with E-state index in [-0.39, 0.29) is 11.6 Å². The fourth-order valence-corrected chi connectivity index (χ4v) is 2.17. The largest absolute Gasteiger partial charge is 0.503 e. The van der Waals surface area contributed by atoms with Crippen molar-refractivity contribution in [2.75, 3.05) is 6.54 Å². The van der Waals surface area contributed by atoms with Gasteiger partial charge in [0.15, 0.2) is 5.75 Å². The lowest BCUT2D eigenvalue weighted by atomic mass is 10.1. The maximum absolute atomic E-state index is 11.8. The van der Waals surface area contributed by atoms with E-state index in [1.54, 1.807) is 24.3 Å². The van der Waals surface area contributed by atoms with Crippen molar-refractivity contribution in [2.45, 2.75) is 6.42 Å². The second-order valence-corrected chi connectivity index (χ2v) is 4.92. The number of aromatic hydroxyl groups is 1. The Balaban J connectivity index is 1.60. The van der Waals surface area contributed by atoms with E-state index in [0.717, 1.165) is 5.56 Å². The molecule has 0 aliphatic rings. The van der Waals surface area contributed by atoms with Gasteiger partial charge in [-0.05, 0) is 24.1 Å². The number of carbonyl (C=O) groups is 1. The molecule has 0 saturated heterocycles. The van der Waals surface area contributed by atoms with Gasteiger partial charge in [-0.1, -0.05) is 42.5 Å². The maximum Gasteiger partial charge on any atom is 0.414 e. The normalized spacial score (nSPS) is 10.4. The quantitative estimate of drug-likeness (QED) is 0.774. The number of benzene rings is 2. The van der Waals surface area contributed by atoms with E-state index in [4.69, 9.17) is 4.74 Å². The smallest absolute Gasteiger partial charge is 0.414 e. The van der Waals surface area contributed by atoms with Gasteiger partial charge in [-0.25, -0.2) is 4.79 Å². The zero-order valence-electron chi connectivity index (χ0n) is 12.3. The van der Waals surface area contributed by atoms with Crippen molar-refractivity contribution in [1.29, 1.82) is 0 Å². The molecule has 1 aromatic heterocycles. The zero-order valence-corrected chi connectivity index (χ0v) is 12.3. The summed E-state index contributed by atoms with van der Waals surface area (Å²) in [7, 11) is 0. The second-order valence-electron chi connectivity index (χ2n) is 4.92. The van der Waals surface area contributed by atoms with Crippen molar-refractivity contribution >= 4 is 17.0 Å². The third kappa shape index (κ3) is 3.55. The molecule has 0 unspecified atom stereocenters. The highest BCUT2D eigenvalue weighted by Crippen LogP contribution is 2.30. The molecule has 0 aliphatic heterocycles. The van der Waals surface area contributed by atoms with E-state index >= 15 is 0 Å². The Morgan fingerprint density at radius 2 is 1.78 bits per heavy atom. The number of carbonyl (C=O) groups excluding carboxylic acids is 1. The molecule has 2 N–H and O–H groups in total. The number of aromatic nitrogens is 2. The standard InChI is InChI=1S/C17H15N3O3/c21-15-13-8-4-5-9-14(13)19-20-16(15)23-17(22)18-11-10-12-6-2-1-3-7-12/h1-9H,10-11H2,(H,18,22)(H,19,21). The average molecular weight is 309 g/mol. The number of amides is 1. The molecular formula is C17H15N3O3. The van der Waals surface area contributed by atoms with E-state index in [0.29, 0.717) is 23.9 Å². The number of hydrogen-bond acceptors (Lipinski definition) is 5. The van der Waals surface area contributed by atoms with Crippen LogP contribution in [0.25, 0.3) is 10.9 Å². The molecule has 0 saturated carbocycles. The van der Waals surface area contributed by atoms with Gasteiger partial charge < -0.3 is 15.2 Å². The summed E-state index contributed by atoms with van der Waals surface area (Å²) in [4.78, 5) is 11.8. The van der Waals surface area contributed by atoms with E-state index in [1.807, 2.05) is 30.3 Å². The molecule has 0 radical (unpaired) electrons. The highest BCUT2D eigenvalue weighted by atomic mass is 16.6. The molecule has 0 bridgehead atoms. The summed E-state index contributed by atoms with van der Waals surface area (Å²) in [6.07, 6.45) is 0.00603. The van der Waals surface area contributed by atoms with Gasteiger partial charge in [0, 0.05) is 11.9 Å². The minimum absolute atomic E-state index is 0.200. The van der Waals surface area contributed by atoms with Crippen LogP contribution in [-0.4, -0.2) is 27.9 Å². The number of rotatable bonds is 4. The third-order valence-electron chi connectivity index (χ3n) is 3.33. The van der Waals surface area contributed by atoms with Crippen LogP contribution in [0.5, 0.6) is 11.6 Å². The van der Waals surface area contributed by atoms with Crippen molar-refractivity contribution < 1.29 is 14.6 Å². The molecule has 0 aliphatic carbocycles. The Kier molecular flexibility index (Phi) is 4.33. The number of hydrogen-bond donors (Lipinski definition) is 2. The molecule has 1 amide bonds. The predicted molar refractivity (Wildman–Crippen MR) is 85.4 cm³/mol. The van der Waals surface area contributed by atoms with E-state index in [1.165, 1.54) is 0 Å². The topological polar surface area (TPSA) is 84.3 Å². The van der Waals surface area contributed by atoms with Crippen LogP contribution in [0.3, 0.4) is 0 Å². The average Bonchev–Trinajstić information content (AvgIpc) is 2.59. The lowest BCUT2D eigenvalue weighted by molar-refractivity contribution is 0.196. The molecule has 0 spiro atoms. The zero-order chi connectivity index (χ0) is 16.1. The minimum atomic E-state index is -0.680. The molecule has 1 heterocycles. The van der Waals surface area contributed by atoms with Crippen LogP contribution in [0.2, 0.25) is 0 Å². The van der Waals surface area contributed by atoms with Gasteiger partial charge in [0.25, 0.3) is 5.88 Å². The number of nitrogens with one attached hydrogen (secondary N) is 1. The van der Waals surface area contributed by atoms with Gasteiger partial charge in [0.05, 0.1) is 5.52 Å². The van der Waals surface area contributed by atoms with Crippen LogP contribution < -0.4 is 10.1 Å². The van der Waals surface area contributed by atoms with Gasteiger partial charge in [-0.15, -0.1) is 10.2 Å². The summed E-state index contributed by atoms with van der Waals surface area (Å²) in [6, 6.07) is 16.7. The molecule has 3 aromatic rings. The maximum atomic E-state index is 11.8. The van der Waals surface area contributed by atoms with Crippen LogP contribution in [-0.2, 0) is 6.42 Å². The first-order valence-electron chi connectivity index (χ1n) is 7.18. The van der Waals surface area contributed by atoms with E-state index in [2.05, 4.69) is 15.5 Å². The van der Waals surface area contributed by atoms with Crippen molar-refractivity contribution in [3.63, 3.8) is 0 Å². The molecule has 2 aromatic carbocycles. The summed E-state index contributed by atoms with van der Waals surface area (Å²) in [6.45, 7) is 0.421. The lowest BCUT2D eigenvalue weighted by Crippen LogP contribution is -2.29. The number of nitrogens with zero attached hydrogens (tertiary/aromatic N) is 2. The van der Waals surface area contributed by atoms with Crippen molar-refractivity contribution in [2.24, 2.45) is 0 Å². The summed E-state index contributed by atoms with van der Waals surface area (Å²) in [5.41, 5.74) is 1.64. The Bertz CT molecular complexity index is 822. The fraction of sp³-hybridized carbons (Fsp3) is 0.118. The predicted octanol–water partition coefficient (Wildman–Crippen LogP) is 2.67. The van der Waals surface area contributed by atoms with Gasteiger partial charge in [-0.2, -0.15) is 0 Å². The molecule has 6 nitrogen and oxygen atoms in total. The molecular weight excluding hydrogens is 294 g/mol. The molecule has 116 valence electrons. The molecule has 0 atom stereocenters. The monoisotopic (exact) mass is 309 g/mol. The molecule has 3 rings (SSSR count). The van der Waals surface area contributed by atoms with Crippen LogP contribution in [0.4, 0.5) is 4.79 Å².